The van der Waals surface area contributed by atoms with Crippen LogP contribution >= 0.6 is 27.5 Å². The number of rotatable bonds is 5. The summed E-state index contributed by atoms with van der Waals surface area (Å²) in [7, 11) is 0. The molecule has 1 unspecified atom stereocenters. The van der Waals surface area contributed by atoms with Crippen molar-refractivity contribution < 1.29 is 22.7 Å². The number of benzene rings is 1. The summed E-state index contributed by atoms with van der Waals surface area (Å²) in [5.74, 6) is -0.794. The minimum absolute atomic E-state index is 0.0243. The molecule has 25 heavy (non-hydrogen) atoms. The van der Waals surface area contributed by atoms with Gasteiger partial charge in [-0.1, -0.05) is 23.7 Å². The van der Waals surface area contributed by atoms with Gasteiger partial charge in [-0.25, -0.2) is 4.98 Å². The van der Waals surface area contributed by atoms with Gasteiger partial charge >= 0.3 is 6.18 Å². The van der Waals surface area contributed by atoms with Crippen LogP contribution in [0.2, 0.25) is 5.15 Å². The molecule has 0 saturated carbocycles. The van der Waals surface area contributed by atoms with Crippen molar-refractivity contribution in [2.24, 2.45) is 0 Å². The zero-order chi connectivity index (χ0) is 18.6. The van der Waals surface area contributed by atoms with Crippen LogP contribution in [-0.4, -0.2) is 23.5 Å². The van der Waals surface area contributed by atoms with E-state index in [1.54, 1.807) is 6.92 Å². The Labute approximate surface area is 155 Å². The van der Waals surface area contributed by atoms with Crippen molar-refractivity contribution in [1.29, 1.82) is 0 Å². The first-order valence-electron chi connectivity index (χ1n) is 7.09. The Morgan fingerprint density at radius 3 is 2.76 bits per heavy atom. The van der Waals surface area contributed by atoms with Crippen molar-refractivity contribution in [2.45, 2.75) is 19.1 Å². The lowest BCUT2D eigenvalue weighted by Gasteiger charge is -2.18. The van der Waals surface area contributed by atoms with E-state index >= 15 is 0 Å². The van der Waals surface area contributed by atoms with Crippen molar-refractivity contribution in [2.75, 3.05) is 6.61 Å². The molecule has 2 rings (SSSR count). The fourth-order valence-corrected chi connectivity index (χ4v) is 2.49. The molecule has 4 nitrogen and oxygen atoms in total. The average molecular weight is 438 g/mol. The highest BCUT2D eigenvalue weighted by atomic mass is 79.9. The van der Waals surface area contributed by atoms with Crippen molar-refractivity contribution in [1.82, 2.24) is 10.3 Å². The second-order valence-corrected chi connectivity index (χ2v) is 6.45. The molecule has 0 radical (unpaired) electrons. The van der Waals surface area contributed by atoms with Crippen LogP contribution in [0.15, 0.2) is 41.0 Å². The lowest BCUT2D eigenvalue weighted by Crippen LogP contribution is -2.37. The van der Waals surface area contributed by atoms with Crippen LogP contribution in [0.1, 0.15) is 22.8 Å². The highest BCUT2D eigenvalue weighted by Gasteiger charge is 2.34. The number of hydrogen-bond acceptors (Lipinski definition) is 3. The molecule has 0 fully saturated rings. The summed E-state index contributed by atoms with van der Waals surface area (Å²) in [5.41, 5.74) is -0.716. The second-order valence-electron chi connectivity index (χ2n) is 5.17. The zero-order valence-corrected chi connectivity index (χ0v) is 15.2. The van der Waals surface area contributed by atoms with Crippen LogP contribution in [-0.2, 0) is 6.18 Å². The fourth-order valence-electron chi connectivity index (χ4n) is 1.97. The van der Waals surface area contributed by atoms with E-state index in [1.807, 2.05) is 0 Å². The molecule has 9 heteroatoms. The van der Waals surface area contributed by atoms with E-state index in [2.05, 4.69) is 26.2 Å². The SMILES string of the molecule is CC(COc1ccccc1C(F)(F)F)NC(=O)c1cc(Br)cnc1Cl. The highest BCUT2D eigenvalue weighted by Crippen LogP contribution is 2.35. The number of halogens is 5. The first-order chi connectivity index (χ1) is 11.7. The standard InChI is InChI=1S/C16H13BrClF3N2O2/c1-9(23-15(24)11-6-10(17)7-22-14(11)18)8-25-13-5-3-2-4-12(13)16(19,20)21/h2-7,9H,8H2,1H3,(H,23,24). The van der Waals surface area contributed by atoms with Gasteiger partial charge in [-0.2, -0.15) is 13.2 Å². The van der Waals surface area contributed by atoms with Crippen LogP contribution in [0.3, 0.4) is 0 Å². The number of carbonyl (C=O) groups excluding carboxylic acids is 1. The topological polar surface area (TPSA) is 51.2 Å². The van der Waals surface area contributed by atoms with E-state index in [0.29, 0.717) is 4.47 Å². The summed E-state index contributed by atoms with van der Waals surface area (Å²) in [5, 5.41) is 2.63. The van der Waals surface area contributed by atoms with Crippen LogP contribution in [0.5, 0.6) is 5.75 Å². The zero-order valence-electron chi connectivity index (χ0n) is 12.9. The van der Waals surface area contributed by atoms with Crippen molar-refractivity contribution >= 4 is 33.4 Å². The second kappa shape index (κ2) is 8.05. The molecule has 0 aliphatic carbocycles. The molecule has 0 bridgehead atoms. The molecule has 0 aliphatic heterocycles. The third kappa shape index (κ3) is 5.34. The largest absolute Gasteiger partial charge is 0.491 e. The van der Waals surface area contributed by atoms with Crippen LogP contribution in [0, 0.1) is 0 Å². The molecular weight excluding hydrogens is 425 g/mol. The van der Waals surface area contributed by atoms with Gasteiger partial charge in [-0.15, -0.1) is 0 Å². The van der Waals surface area contributed by atoms with Gasteiger partial charge in [-0.3, -0.25) is 4.79 Å². The molecule has 0 spiro atoms. The minimum atomic E-state index is -4.52. The Hall–Kier alpha value is -1.80. The molecule has 1 aromatic heterocycles. The Balaban J connectivity index is 2.01. The summed E-state index contributed by atoms with van der Waals surface area (Å²) >= 11 is 9.06. The van der Waals surface area contributed by atoms with E-state index in [-0.39, 0.29) is 23.1 Å². The summed E-state index contributed by atoms with van der Waals surface area (Å²) in [6.07, 6.45) is -3.07. The van der Waals surface area contributed by atoms with Crippen LogP contribution < -0.4 is 10.1 Å². The number of carbonyl (C=O) groups is 1. The van der Waals surface area contributed by atoms with E-state index in [1.165, 1.54) is 30.5 Å². The van der Waals surface area contributed by atoms with Gasteiger partial charge in [0.2, 0.25) is 0 Å². The Morgan fingerprint density at radius 1 is 1.40 bits per heavy atom. The molecule has 0 saturated heterocycles. The maximum Gasteiger partial charge on any atom is 0.419 e. The highest BCUT2D eigenvalue weighted by molar-refractivity contribution is 9.10. The lowest BCUT2D eigenvalue weighted by atomic mass is 10.2. The van der Waals surface area contributed by atoms with Crippen molar-refractivity contribution in [3.05, 3.63) is 57.3 Å². The van der Waals surface area contributed by atoms with Crippen LogP contribution in [0.25, 0.3) is 0 Å². The van der Waals surface area contributed by atoms with Crippen LogP contribution in [0.4, 0.5) is 13.2 Å². The third-order valence-electron chi connectivity index (χ3n) is 3.11. The molecule has 134 valence electrons. The van der Waals surface area contributed by atoms with Gasteiger partial charge < -0.3 is 10.1 Å². The number of aromatic nitrogens is 1. The van der Waals surface area contributed by atoms with Gasteiger partial charge in [0, 0.05) is 10.7 Å². The predicted molar refractivity (Wildman–Crippen MR) is 90.8 cm³/mol. The number of pyridine rings is 1. The molecular formula is C16H13BrClF3N2O2. The fraction of sp³-hybridized carbons (Fsp3) is 0.250. The number of ether oxygens (including phenoxy) is 1. The Bertz CT molecular complexity index is 771. The quantitative estimate of drug-likeness (QED) is 0.689. The molecule has 1 amide bonds. The van der Waals surface area contributed by atoms with Gasteiger partial charge in [0.05, 0.1) is 17.2 Å². The smallest absolute Gasteiger partial charge is 0.419 e. The molecule has 1 atom stereocenters. The molecule has 1 aromatic carbocycles. The molecule has 2 aromatic rings. The first-order valence-corrected chi connectivity index (χ1v) is 8.26. The van der Waals surface area contributed by atoms with Gasteiger partial charge in [0.1, 0.15) is 17.5 Å². The van der Waals surface area contributed by atoms with E-state index in [9.17, 15) is 18.0 Å². The average Bonchev–Trinajstić information content (AvgIpc) is 2.54. The molecule has 1 N–H and O–H groups in total. The third-order valence-corrected chi connectivity index (χ3v) is 3.84. The van der Waals surface area contributed by atoms with E-state index in [0.717, 1.165) is 6.07 Å². The van der Waals surface area contributed by atoms with E-state index in [4.69, 9.17) is 16.3 Å². The Morgan fingerprint density at radius 2 is 2.08 bits per heavy atom. The minimum Gasteiger partial charge on any atom is -0.491 e. The number of nitrogens with one attached hydrogen (secondary N) is 1. The normalized spacial score (nSPS) is 12.6. The van der Waals surface area contributed by atoms with Crippen molar-refractivity contribution in [3.63, 3.8) is 0 Å². The number of amides is 1. The maximum atomic E-state index is 12.9. The summed E-state index contributed by atoms with van der Waals surface area (Å²) in [6, 6.07) is 5.84. The lowest BCUT2D eigenvalue weighted by molar-refractivity contribution is -0.139. The van der Waals surface area contributed by atoms with E-state index < -0.39 is 23.7 Å². The summed E-state index contributed by atoms with van der Waals surface area (Å²) in [4.78, 5) is 16.0. The Kier molecular flexibility index (Phi) is 6.29. The summed E-state index contributed by atoms with van der Waals surface area (Å²) < 4.78 is 44.5. The number of alkyl halides is 3. The monoisotopic (exact) mass is 436 g/mol. The summed E-state index contributed by atoms with van der Waals surface area (Å²) in [6.45, 7) is 1.46. The number of hydrogen-bond donors (Lipinski definition) is 1. The predicted octanol–water partition coefficient (Wildman–Crippen LogP) is 4.71. The number of para-hydroxylation sites is 1. The van der Waals surface area contributed by atoms with Gasteiger partial charge in [0.25, 0.3) is 5.91 Å². The van der Waals surface area contributed by atoms with Crippen molar-refractivity contribution in [3.8, 4) is 5.75 Å². The number of nitrogens with zero attached hydrogens (tertiary/aromatic N) is 1. The van der Waals surface area contributed by atoms with Gasteiger partial charge in [-0.05, 0) is 41.1 Å². The van der Waals surface area contributed by atoms with Gasteiger partial charge in [0.15, 0.2) is 0 Å². The molecule has 0 aliphatic rings. The molecule has 1 heterocycles. The maximum absolute atomic E-state index is 12.9. The first kappa shape index (κ1) is 19.5.